The van der Waals surface area contributed by atoms with Gasteiger partial charge in [-0.3, -0.25) is 0 Å². The van der Waals surface area contributed by atoms with Crippen LogP contribution in [0.5, 0.6) is 0 Å². The predicted molar refractivity (Wildman–Crippen MR) is 17.8 cm³/mol. The van der Waals surface area contributed by atoms with Crippen LogP contribution >= 0.6 is 0 Å². The Kier molecular flexibility index (Phi) is 0.551. The summed E-state index contributed by atoms with van der Waals surface area (Å²) in [6.07, 6.45) is 0. The maximum atomic E-state index is 9.57. The van der Waals surface area contributed by atoms with E-state index in [1.54, 1.807) is 0 Å². The summed E-state index contributed by atoms with van der Waals surface area (Å²) in [5, 5.41) is 0. The number of carbonyl (C=O) groups is 1. The summed E-state index contributed by atoms with van der Waals surface area (Å²) in [5.41, 5.74) is -0.204. The van der Waals surface area contributed by atoms with Gasteiger partial charge in [0, 0.05) is 0 Å². The molecule has 0 fully saturated rings. The zero-order valence-corrected chi connectivity index (χ0v) is 2.49. The van der Waals surface area contributed by atoms with Crippen molar-refractivity contribution in [1.82, 2.24) is 0 Å². The lowest BCUT2D eigenvalue weighted by Gasteiger charge is -1.55. The second kappa shape index (κ2) is 1.10. The summed E-state index contributed by atoms with van der Waals surface area (Å²) in [6.45, 7) is 1.34. The molecule has 0 saturated heterocycles. The Labute approximate surface area is 27.8 Å². The quantitative estimate of drug-likeness (QED) is 0.368. The fourth-order valence-electron chi connectivity index (χ4n) is 0. The van der Waals surface area contributed by atoms with E-state index in [4.69, 9.17) is 1.34 Å². The molecule has 0 aromatic carbocycles. The van der Waals surface area contributed by atoms with Gasteiger partial charge in [0.05, 0.1) is 5.68 Å². The molecule has 0 heterocycles. The minimum absolute atomic E-state index is 0.204. The first-order chi connectivity index (χ1) is 2.27. The zero-order chi connectivity index (χ0) is 4.28. The summed E-state index contributed by atoms with van der Waals surface area (Å²) < 4.78 is 6.18. The second-order valence-corrected chi connectivity index (χ2v) is 0.611. The summed E-state index contributed by atoms with van der Waals surface area (Å²) in [5.74, 6) is 0. The molecule has 0 rings (SSSR count). The van der Waals surface area contributed by atoms with Crippen molar-refractivity contribution in [2.24, 2.45) is 0 Å². The predicted octanol–water partition coefficient (Wildman–Crippen LogP) is -0.566. The van der Waals surface area contributed by atoms with Crippen molar-refractivity contribution >= 4 is 13.5 Å². The fraction of sp³-hybridized carbons (Fsp3) is 0.500. The van der Waals surface area contributed by atoms with Gasteiger partial charge in [-0.05, 0) is 8.26 Å². The monoisotopic (exact) mass is 57.0 g/mol. The Morgan fingerprint density at radius 3 is 2.75 bits per heavy atom. The molecule has 21 valence electrons. The van der Waals surface area contributed by atoms with Gasteiger partial charge in [0.25, 0.3) is 0 Å². The molecule has 0 atom stereocenters. The molecule has 0 aromatic heterocycles. The van der Waals surface area contributed by atoms with E-state index in [0.717, 1.165) is 7.81 Å². The summed E-state index contributed by atoms with van der Waals surface area (Å²) in [6, 6.07) is 0. The van der Waals surface area contributed by atoms with Gasteiger partial charge in [0.2, 0.25) is 0 Å². The lowest BCUT2D eigenvalue weighted by atomic mass is 10.1. The van der Waals surface area contributed by atoms with Crippen LogP contribution in [0.25, 0.3) is 0 Å². The average molecular weight is 56.9 g/mol. The van der Waals surface area contributed by atoms with Crippen LogP contribution in [0.3, 0.4) is 0 Å². The maximum Gasteiger partial charge on any atom is 0.180 e. The Morgan fingerprint density at radius 1 is 2.50 bits per heavy atom. The molecule has 0 saturated carbocycles. The van der Waals surface area contributed by atoms with Crippen LogP contribution in [0, 0.1) is 0 Å². The topological polar surface area (TPSA) is 17.1 Å². The number of rotatable bonds is 1. The molecular weight excluding hydrogens is 50.8 g/mol. The Balaban J connectivity index is 2.85. The van der Waals surface area contributed by atoms with Crippen LogP contribution in [0.4, 0.5) is 0 Å². The van der Waals surface area contributed by atoms with E-state index in [1.165, 1.54) is 6.92 Å². The van der Waals surface area contributed by atoms with Gasteiger partial charge >= 0.3 is 0 Å². The van der Waals surface area contributed by atoms with E-state index in [0.29, 0.717) is 0 Å². The Hall–Kier alpha value is -0.265. The third kappa shape index (κ3) is 13.3. The Morgan fingerprint density at radius 2 is 2.75 bits per heavy atom. The van der Waals surface area contributed by atoms with E-state index >= 15 is 0 Å². The molecule has 0 spiro atoms. The first-order valence-corrected chi connectivity index (χ1v) is 0.993. The molecule has 0 N–H and O–H groups in total. The summed E-state index contributed by atoms with van der Waals surface area (Å²) >= 11 is 0. The van der Waals surface area contributed by atoms with Crippen molar-refractivity contribution in [1.29, 1.82) is 1.34 Å². The van der Waals surface area contributed by atoms with Gasteiger partial charge in [0.15, 0.2) is 7.81 Å². The van der Waals surface area contributed by atoms with Crippen molar-refractivity contribution in [2.45, 2.75) is 6.92 Å². The Bertz CT molecular complexity index is 44.9. The van der Waals surface area contributed by atoms with E-state index in [-0.39, 0.29) is 5.68 Å². The standard InChI is InChI=1S/C2H4BO/c1-2(3)4/h3H,1H3/i3T. The molecule has 0 aliphatic carbocycles. The largest absolute Gasteiger partial charge is 0.313 e. The van der Waals surface area contributed by atoms with Crippen molar-refractivity contribution < 1.29 is 4.79 Å². The van der Waals surface area contributed by atoms with E-state index < -0.39 is 0 Å². The van der Waals surface area contributed by atoms with E-state index in [1.807, 2.05) is 0 Å². The maximum absolute atomic E-state index is 9.57. The molecule has 0 aliphatic rings. The van der Waals surface area contributed by atoms with Crippen molar-refractivity contribution in [2.75, 3.05) is 0 Å². The van der Waals surface area contributed by atoms with Gasteiger partial charge in [-0.2, -0.15) is 0 Å². The smallest absolute Gasteiger partial charge is 0.180 e. The number of hydrogen-bond acceptors (Lipinski definition) is 1. The zero-order valence-electron chi connectivity index (χ0n) is 3.49. The molecule has 0 aliphatic heterocycles. The first-order valence-electron chi connectivity index (χ1n) is 1.57. The lowest BCUT2D eigenvalue weighted by molar-refractivity contribution is -0.109. The number of carbonyl (C=O) groups excluding carboxylic acids is 1. The highest BCUT2D eigenvalue weighted by Crippen LogP contribution is 1.40. The van der Waals surface area contributed by atoms with Crippen molar-refractivity contribution in [3.05, 3.63) is 0 Å². The van der Waals surface area contributed by atoms with Gasteiger partial charge in [-0.1, -0.05) is 0 Å². The SMILES string of the molecule is [3H][B]C(C)=O. The molecule has 1 radical (unpaired) electrons. The molecule has 0 unspecified atom stereocenters. The minimum Gasteiger partial charge on any atom is -0.313 e. The highest BCUT2D eigenvalue weighted by molar-refractivity contribution is 6.56. The van der Waals surface area contributed by atoms with Crippen LogP contribution in [-0.2, 0) is 4.79 Å². The molecule has 1 nitrogen and oxygen atoms in total. The van der Waals surface area contributed by atoms with Crippen LogP contribution in [0.1, 0.15) is 6.92 Å². The van der Waals surface area contributed by atoms with Gasteiger partial charge in [-0.25, -0.2) is 0 Å². The van der Waals surface area contributed by atoms with E-state index in [9.17, 15) is 4.79 Å². The molecular formula is C2H4BO. The van der Waals surface area contributed by atoms with Crippen LogP contribution in [0.2, 0.25) is 0 Å². The average Bonchev–Trinajstić information content (AvgIpc) is 1.38. The molecule has 0 aromatic rings. The third-order valence-corrected chi connectivity index (χ3v) is 0. The van der Waals surface area contributed by atoms with E-state index in [2.05, 4.69) is 0 Å². The summed E-state index contributed by atoms with van der Waals surface area (Å²) in [7, 11) is 0.778. The van der Waals surface area contributed by atoms with Crippen LogP contribution in [-0.4, -0.2) is 14.8 Å². The van der Waals surface area contributed by atoms with Crippen LogP contribution < -0.4 is 0 Å². The second-order valence-electron chi connectivity index (χ2n) is 0.611. The highest BCUT2D eigenvalue weighted by Gasteiger charge is 1.63. The van der Waals surface area contributed by atoms with Crippen LogP contribution in [0.15, 0.2) is 0 Å². The summed E-state index contributed by atoms with van der Waals surface area (Å²) in [4.78, 5) is 9.57. The van der Waals surface area contributed by atoms with Crippen molar-refractivity contribution in [3.63, 3.8) is 0 Å². The fourth-order valence-corrected chi connectivity index (χ4v) is 0. The molecule has 4 heavy (non-hydrogen) atoms. The van der Waals surface area contributed by atoms with Gasteiger partial charge in [0.1, 0.15) is 0 Å². The lowest BCUT2D eigenvalue weighted by Crippen LogP contribution is -1.80. The highest BCUT2D eigenvalue weighted by atomic mass is 16.1. The first kappa shape index (κ1) is 2.00. The van der Waals surface area contributed by atoms with Gasteiger partial charge < -0.3 is 4.79 Å². The van der Waals surface area contributed by atoms with Crippen molar-refractivity contribution in [3.8, 4) is 0 Å². The minimum atomic E-state index is -0.204. The van der Waals surface area contributed by atoms with Gasteiger partial charge in [-0.15, -0.1) is 0 Å². The third-order valence-electron chi connectivity index (χ3n) is 0. The number of hydrogen-bond donors (Lipinski definition) is 0. The molecule has 0 bridgehead atoms. The molecule has 0 amide bonds. The molecule has 2 heteroatoms. The normalized spacial score (nSPS) is 8.75.